The summed E-state index contributed by atoms with van der Waals surface area (Å²) in [4.78, 5) is 14.0. The van der Waals surface area contributed by atoms with Crippen LogP contribution in [0.1, 0.15) is 33.1 Å². The molecule has 3 unspecified atom stereocenters. The van der Waals surface area contributed by atoms with Crippen LogP contribution in [0.25, 0.3) is 0 Å². The molecule has 0 amide bonds. The number of hydrogen-bond donors (Lipinski definition) is 1. The van der Waals surface area contributed by atoms with Crippen LogP contribution in [0.2, 0.25) is 0 Å². The lowest BCUT2D eigenvalue weighted by Gasteiger charge is -2.41. The van der Waals surface area contributed by atoms with E-state index in [0.29, 0.717) is 18.7 Å². The lowest BCUT2D eigenvalue weighted by atomic mass is 10.0. The molecule has 2 aliphatic heterocycles. The van der Waals surface area contributed by atoms with E-state index in [2.05, 4.69) is 24.1 Å². The van der Waals surface area contributed by atoms with Crippen molar-refractivity contribution in [2.75, 3.05) is 19.7 Å². The molecular formula is C12H22N2O2. The number of cyclic esters (lactones) is 1. The third-order valence-electron chi connectivity index (χ3n) is 3.81. The van der Waals surface area contributed by atoms with Crippen molar-refractivity contribution in [1.82, 2.24) is 10.2 Å². The fourth-order valence-electron chi connectivity index (χ4n) is 2.71. The van der Waals surface area contributed by atoms with E-state index in [1.54, 1.807) is 0 Å². The number of hydrogen-bond acceptors (Lipinski definition) is 4. The van der Waals surface area contributed by atoms with Crippen molar-refractivity contribution in [2.24, 2.45) is 0 Å². The molecule has 4 heteroatoms. The molecule has 4 nitrogen and oxygen atoms in total. The summed E-state index contributed by atoms with van der Waals surface area (Å²) < 4.78 is 5.08. The minimum Gasteiger partial charge on any atom is -0.464 e. The smallest absolute Gasteiger partial charge is 0.323 e. The van der Waals surface area contributed by atoms with Gasteiger partial charge in [0.2, 0.25) is 0 Å². The second kappa shape index (κ2) is 5.15. The van der Waals surface area contributed by atoms with Gasteiger partial charge in [0, 0.05) is 31.6 Å². The van der Waals surface area contributed by atoms with Crippen LogP contribution in [0.4, 0.5) is 0 Å². The van der Waals surface area contributed by atoms with E-state index < -0.39 is 0 Å². The molecule has 16 heavy (non-hydrogen) atoms. The molecule has 1 N–H and O–H groups in total. The zero-order valence-electron chi connectivity index (χ0n) is 10.2. The highest BCUT2D eigenvalue weighted by molar-refractivity contribution is 5.77. The van der Waals surface area contributed by atoms with E-state index in [-0.39, 0.29) is 12.0 Å². The quantitative estimate of drug-likeness (QED) is 0.722. The zero-order chi connectivity index (χ0) is 11.5. The summed E-state index contributed by atoms with van der Waals surface area (Å²) in [6.45, 7) is 6.95. The van der Waals surface area contributed by atoms with Crippen LogP contribution in [0.5, 0.6) is 0 Å². The van der Waals surface area contributed by atoms with Gasteiger partial charge in [-0.05, 0) is 12.8 Å². The summed E-state index contributed by atoms with van der Waals surface area (Å²) in [6.07, 6.45) is 3.08. The maximum absolute atomic E-state index is 11.6. The molecule has 2 saturated heterocycles. The average Bonchev–Trinajstić information content (AvgIpc) is 2.74. The first kappa shape index (κ1) is 11.9. The molecule has 0 aromatic heterocycles. The summed E-state index contributed by atoms with van der Waals surface area (Å²) >= 11 is 0. The molecule has 2 aliphatic rings. The maximum Gasteiger partial charge on any atom is 0.323 e. The van der Waals surface area contributed by atoms with E-state index in [0.717, 1.165) is 32.4 Å². The molecule has 3 atom stereocenters. The van der Waals surface area contributed by atoms with E-state index in [9.17, 15) is 4.79 Å². The highest BCUT2D eigenvalue weighted by Crippen LogP contribution is 2.21. The molecule has 0 radical (unpaired) electrons. The summed E-state index contributed by atoms with van der Waals surface area (Å²) in [5, 5.41) is 3.54. The summed E-state index contributed by atoms with van der Waals surface area (Å²) in [5.74, 6) is -0.0183. The summed E-state index contributed by atoms with van der Waals surface area (Å²) in [7, 11) is 0. The highest BCUT2D eigenvalue weighted by Gasteiger charge is 2.38. The van der Waals surface area contributed by atoms with Crippen molar-refractivity contribution >= 4 is 5.97 Å². The van der Waals surface area contributed by atoms with Gasteiger partial charge in [-0.2, -0.15) is 0 Å². The van der Waals surface area contributed by atoms with Crippen LogP contribution >= 0.6 is 0 Å². The Hall–Kier alpha value is -0.610. The zero-order valence-corrected chi connectivity index (χ0v) is 10.2. The van der Waals surface area contributed by atoms with Gasteiger partial charge in [0.15, 0.2) is 0 Å². The number of rotatable bonds is 3. The number of esters is 1. The predicted molar refractivity (Wildman–Crippen MR) is 62.2 cm³/mol. The predicted octanol–water partition coefficient (Wildman–Crippen LogP) is 0.764. The van der Waals surface area contributed by atoms with E-state index in [4.69, 9.17) is 4.74 Å². The second-order valence-electron chi connectivity index (χ2n) is 4.74. The lowest BCUT2D eigenvalue weighted by molar-refractivity contribution is -0.143. The first-order valence-corrected chi connectivity index (χ1v) is 6.42. The van der Waals surface area contributed by atoms with Crippen molar-refractivity contribution in [2.45, 2.75) is 51.2 Å². The fraction of sp³-hybridized carbons (Fsp3) is 0.917. The van der Waals surface area contributed by atoms with Gasteiger partial charge in [-0.25, -0.2) is 0 Å². The van der Waals surface area contributed by atoms with Crippen LogP contribution < -0.4 is 5.32 Å². The van der Waals surface area contributed by atoms with Gasteiger partial charge >= 0.3 is 5.97 Å². The largest absolute Gasteiger partial charge is 0.464 e. The number of nitrogens with zero attached hydrogens (tertiary/aromatic N) is 1. The summed E-state index contributed by atoms with van der Waals surface area (Å²) in [6, 6.07) is 1.02. The van der Waals surface area contributed by atoms with Crippen molar-refractivity contribution in [1.29, 1.82) is 0 Å². The molecule has 92 valence electrons. The Balaban J connectivity index is 2.05. The first-order valence-electron chi connectivity index (χ1n) is 6.42. The monoisotopic (exact) mass is 226 g/mol. The van der Waals surface area contributed by atoms with Crippen LogP contribution in [0.15, 0.2) is 0 Å². The molecule has 2 fully saturated rings. The van der Waals surface area contributed by atoms with Crippen molar-refractivity contribution < 1.29 is 9.53 Å². The molecule has 0 aromatic rings. The van der Waals surface area contributed by atoms with Crippen LogP contribution in [-0.2, 0) is 9.53 Å². The lowest BCUT2D eigenvalue weighted by Crippen LogP contribution is -2.60. The number of carbonyl (C=O) groups is 1. The molecule has 0 aliphatic carbocycles. The third kappa shape index (κ3) is 2.23. The van der Waals surface area contributed by atoms with E-state index in [1.807, 2.05) is 0 Å². The van der Waals surface area contributed by atoms with Gasteiger partial charge < -0.3 is 10.1 Å². The van der Waals surface area contributed by atoms with Gasteiger partial charge in [0.25, 0.3) is 0 Å². The Morgan fingerprint density at radius 3 is 2.81 bits per heavy atom. The Bertz CT molecular complexity index is 257. The standard InChI is InChI=1S/C12H22N2O2/c1-3-9-8-14(10(4-2)7-13-9)11-5-6-16-12(11)15/h9-11,13H,3-8H2,1-2H3. The molecular weight excluding hydrogens is 204 g/mol. The van der Waals surface area contributed by atoms with Gasteiger partial charge in [-0.15, -0.1) is 0 Å². The molecule has 2 rings (SSSR count). The second-order valence-corrected chi connectivity index (χ2v) is 4.74. The molecule has 2 heterocycles. The Morgan fingerprint density at radius 1 is 1.44 bits per heavy atom. The van der Waals surface area contributed by atoms with Gasteiger partial charge in [0.05, 0.1) is 6.61 Å². The molecule has 0 bridgehead atoms. The molecule has 0 spiro atoms. The van der Waals surface area contributed by atoms with Crippen molar-refractivity contribution in [3.8, 4) is 0 Å². The topological polar surface area (TPSA) is 41.6 Å². The Labute approximate surface area is 97.3 Å². The Kier molecular flexibility index (Phi) is 3.82. The maximum atomic E-state index is 11.6. The van der Waals surface area contributed by atoms with E-state index in [1.165, 1.54) is 0 Å². The van der Waals surface area contributed by atoms with Crippen LogP contribution in [0, 0.1) is 0 Å². The van der Waals surface area contributed by atoms with Gasteiger partial charge in [-0.3, -0.25) is 9.69 Å². The summed E-state index contributed by atoms with van der Waals surface area (Å²) in [5.41, 5.74) is 0. The van der Waals surface area contributed by atoms with Gasteiger partial charge in [0.1, 0.15) is 6.04 Å². The number of piperazine rings is 1. The van der Waals surface area contributed by atoms with Crippen LogP contribution in [0.3, 0.4) is 0 Å². The minimum absolute atomic E-state index is 0.0149. The first-order chi connectivity index (χ1) is 7.76. The van der Waals surface area contributed by atoms with Crippen LogP contribution in [-0.4, -0.2) is 48.7 Å². The van der Waals surface area contributed by atoms with E-state index >= 15 is 0 Å². The van der Waals surface area contributed by atoms with Gasteiger partial charge in [-0.1, -0.05) is 13.8 Å². The third-order valence-corrected chi connectivity index (χ3v) is 3.81. The molecule has 0 aromatic carbocycles. The molecule has 0 saturated carbocycles. The van der Waals surface area contributed by atoms with Crippen molar-refractivity contribution in [3.63, 3.8) is 0 Å². The number of ether oxygens (including phenoxy) is 1. The number of nitrogens with one attached hydrogen (secondary N) is 1. The normalized spacial score (nSPS) is 36.4. The fourth-order valence-corrected chi connectivity index (χ4v) is 2.71. The minimum atomic E-state index is -0.0183. The highest BCUT2D eigenvalue weighted by atomic mass is 16.5. The SMILES string of the molecule is CCC1CN(C2CCOC2=O)C(CC)CN1. The Morgan fingerprint density at radius 2 is 2.25 bits per heavy atom. The number of carbonyl (C=O) groups excluding carboxylic acids is 1. The average molecular weight is 226 g/mol. The van der Waals surface area contributed by atoms with Crippen molar-refractivity contribution in [3.05, 3.63) is 0 Å².